The second kappa shape index (κ2) is 6.70. The fourth-order valence-electron chi connectivity index (χ4n) is 3.74. The fourth-order valence-corrected chi connectivity index (χ4v) is 4.10. The molecule has 2 aromatic carbocycles. The molecule has 4 aromatic rings. The Hall–Kier alpha value is -2.74. The summed E-state index contributed by atoms with van der Waals surface area (Å²) in [5.41, 5.74) is 1.39. The van der Waals surface area contributed by atoms with Gasteiger partial charge in [0.25, 0.3) is 5.56 Å². The predicted octanol–water partition coefficient (Wildman–Crippen LogP) is 3.59. The largest absolute Gasteiger partial charge is 0.341 e. The zero-order chi connectivity index (χ0) is 19.3. The van der Waals surface area contributed by atoms with Crippen LogP contribution in [0.3, 0.4) is 0 Å². The number of fused-ring (bicyclic) bond motifs is 3. The number of halogens is 2. The summed E-state index contributed by atoms with van der Waals surface area (Å²) in [4.78, 5) is 19.2. The van der Waals surface area contributed by atoms with Gasteiger partial charge in [0.1, 0.15) is 5.82 Å². The molecule has 0 atom stereocenters. The van der Waals surface area contributed by atoms with E-state index in [2.05, 4.69) is 25.8 Å². The Morgan fingerprint density at radius 2 is 1.82 bits per heavy atom. The van der Waals surface area contributed by atoms with Gasteiger partial charge in [0.05, 0.1) is 17.4 Å². The Morgan fingerprint density at radius 3 is 2.57 bits per heavy atom. The first-order chi connectivity index (χ1) is 13.6. The number of hydrogen-bond donors (Lipinski definition) is 0. The molecule has 0 radical (unpaired) electrons. The van der Waals surface area contributed by atoms with Crippen LogP contribution in [0.2, 0.25) is 0 Å². The van der Waals surface area contributed by atoms with Crippen LogP contribution < -0.4 is 10.5 Å². The number of rotatable bonds is 3. The highest BCUT2D eigenvalue weighted by atomic mass is 79.9. The number of nitrogens with zero attached hydrogens (tertiary/aromatic N) is 5. The Morgan fingerprint density at radius 1 is 1.07 bits per heavy atom. The van der Waals surface area contributed by atoms with Crippen molar-refractivity contribution in [1.82, 2.24) is 19.2 Å². The van der Waals surface area contributed by atoms with E-state index >= 15 is 0 Å². The second-order valence-corrected chi connectivity index (χ2v) is 7.91. The van der Waals surface area contributed by atoms with Gasteiger partial charge in [0.2, 0.25) is 11.7 Å². The monoisotopic (exact) mass is 441 g/mol. The zero-order valence-corrected chi connectivity index (χ0v) is 16.6. The van der Waals surface area contributed by atoms with Crippen molar-refractivity contribution in [2.24, 2.45) is 0 Å². The van der Waals surface area contributed by atoms with Gasteiger partial charge in [-0.05, 0) is 48.7 Å². The van der Waals surface area contributed by atoms with E-state index in [9.17, 15) is 9.18 Å². The molecule has 3 heterocycles. The minimum Gasteiger partial charge on any atom is -0.341 e. The van der Waals surface area contributed by atoms with Gasteiger partial charge in [-0.1, -0.05) is 28.1 Å². The molecule has 0 spiro atoms. The first-order valence-electron chi connectivity index (χ1n) is 9.18. The van der Waals surface area contributed by atoms with Crippen LogP contribution in [0.1, 0.15) is 18.4 Å². The van der Waals surface area contributed by atoms with Crippen LogP contribution in [0, 0.1) is 5.82 Å². The minimum atomic E-state index is -0.287. The van der Waals surface area contributed by atoms with Crippen molar-refractivity contribution < 1.29 is 4.39 Å². The maximum atomic E-state index is 13.3. The van der Waals surface area contributed by atoms with Crippen LogP contribution >= 0.6 is 15.9 Å². The van der Waals surface area contributed by atoms with Crippen molar-refractivity contribution >= 4 is 38.6 Å². The molecule has 0 unspecified atom stereocenters. The van der Waals surface area contributed by atoms with Crippen LogP contribution in [0.25, 0.3) is 16.7 Å². The molecule has 6 nitrogen and oxygen atoms in total. The maximum absolute atomic E-state index is 13.3. The average Bonchev–Trinajstić information content (AvgIpc) is 3.32. The molecule has 1 saturated heterocycles. The lowest BCUT2D eigenvalue weighted by atomic mass is 10.2. The molecule has 1 aliphatic heterocycles. The molecular formula is C20H17BrFN5O. The quantitative estimate of drug-likeness (QED) is 0.487. The normalized spacial score (nSPS) is 14.4. The Labute approximate surface area is 168 Å². The van der Waals surface area contributed by atoms with E-state index in [-0.39, 0.29) is 11.4 Å². The summed E-state index contributed by atoms with van der Waals surface area (Å²) in [5, 5.41) is 5.35. The first-order valence-corrected chi connectivity index (χ1v) is 9.98. The van der Waals surface area contributed by atoms with Crippen molar-refractivity contribution in [1.29, 1.82) is 0 Å². The molecule has 0 bridgehead atoms. The lowest BCUT2D eigenvalue weighted by Crippen LogP contribution is -2.21. The number of anilines is 1. The third-order valence-corrected chi connectivity index (χ3v) is 5.60. The molecule has 2 aromatic heterocycles. The molecule has 0 N–H and O–H groups in total. The number of benzene rings is 2. The van der Waals surface area contributed by atoms with Gasteiger partial charge in [0.15, 0.2) is 0 Å². The van der Waals surface area contributed by atoms with E-state index in [0.29, 0.717) is 17.7 Å². The molecule has 0 aliphatic carbocycles. The third kappa shape index (κ3) is 2.88. The predicted molar refractivity (Wildman–Crippen MR) is 109 cm³/mol. The van der Waals surface area contributed by atoms with E-state index in [4.69, 9.17) is 5.10 Å². The van der Waals surface area contributed by atoms with Crippen LogP contribution in [-0.2, 0) is 6.54 Å². The molecule has 1 fully saturated rings. The standard InChI is InChI=1S/C20H17BrFN5O/c21-14-5-8-17-16(11-14)18(28)23-19-26(12-13-3-6-15(22)7-4-13)24-20(27(17)19)25-9-1-2-10-25/h3-8,11H,1-2,9-10,12H2. The van der Waals surface area contributed by atoms with E-state index in [1.165, 1.54) is 12.1 Å². The van der Waals surface area contributed by atoms with Gasteiger partial charge in [-0.3, -0.25) is 4.79 Å². The van der Waals surface area contributed by atoms with Crippen LogP contribution in [-0.4, -0.2) is 32.3 Å². The summed E-state index contributed by atoms with van der Waals surface area (Å²) < 4.78 is 17.8. The van der Waals surface area contributed by atoms with E-state index in [0.717, 1.165) is 47.4 Å². The summed E-state index contributed by atoms with van der Waals surface area (Å²) in [6.45, 7) is 2.26. The van der Waals surface area contributed by atoms with Crippen molar-refractivity contribution in [3.8, 4) is 0 Å². The Kier molecular flexibility index (Phi) is 4.16. The summed E-state index contributed by atoms with van der Waals surface area (Å²) in [6, 6.07) is 11.9. The first kappa shape index (κ1) is 17.4. The van der Waals surface area contributed by atoms with E-state index in [1.54, 1.807) is 22.9 Å². The molecule has 8 heteroatoms. The lowest BCUT2D eigenvalue weighted by Gasteiger charge is -2.15. The van der Waals surface area contributed by atoms with Crippen molar-refractivity contribution in [3.63, 3.8) is 0 Å². The van der Waals surface area contributed by atoms with Gasteiger partial charge >= 0.3 is 0 Å². The lowest BCUT2D eigenvalue weighted by molar-refractivity contribution is 0.625. The SMILES string of the molecule is O=c1nc2n(Cc3ccc(F)cc3)nc(N3CCCC3)n2c2ccc(Br)cc12. The summed E-state index contributed by atoms with van der Waals surface area (Å²) in [7, 11) is 0. The van der Waals surface area contributed by atoms with E-state index < -0.39 is 0 Å². The molecule has 0 saturated carbocycles. The molecular weight excluding hydrogens is 425 g/mol. The number of aromatic nitrogens is 4. The van der Waals surface area contributed by atoms with Gasteiger partial charge in [0, 0.05) is 17.6 Å². The highest BCUT2D eigenvalue weighted by molar-refractivity contribution is 9.10. The second-order valence-electron chi connectivity index (χ2n) is 6.99. The van der Waals surface area contributed by atoms with Crippen molar-refractivity contribution in [2.45, 2.75) is 19.4 Å². The summed E-state index contributed by atoms with van der Waals surface area (Å²) >= 11 is 3.43. The van der Waals surface area contributed by atoms with Gasteiger partial charge in [-0.2, -0.15) is 4.98 Å². The minimum absolute atomic E-state index is 0.280. The summed E-state index contributed by atoms with van der Waals surface area (Å²) in [6.07, 6.45) is 2.23. The van der Waals surface area contributed by atoms with Crippen LogP contribution in [0.15, 0.2) is 51.7 Å². The zero-order valence-electron chi connectivity index (χ0n) is 15.0. The third-order valence-electron chi connectivity index (χ3n) is 5.11. The van der Waals surface area contributed by atoms with Crippen molar-refractivity contribution in [2.75, 3.05) is 18.0 Å². The van der Waals surface area contributed by atoms with Crippen LogP contribution in [0.4, 0.5) is 10.3 Å². The molecule has 0 amide bonds. The highest BCUT2D eigenvalue weighted by Crippen LogP contribution is 2.25. The van der Waals surface area contributed by atoms with Gasteiger partial charge in [-0.15, -0.1) is 5.10 Å². The molecule has 142 valence electrons. The van der Waals surface area contributed by atoms with E-state index in [1.807, 2.05) is 16.5 Å². The maximum Gasteiger partial charge on any atom is 0.282 e. The molecule has 5 rings (SSSR count). The molecule has 1 aliphatic rings. The molecule has 28 heavy (non-hydrogen) atoms. The highest BCUT2D eigenvalue weighted by Gasteiger charge is 2.22. The topological polar surface area (TPSA) is 55.4 Å². The van der Waals surface area contributed by atoms with Crippen molar-refractivity contribution in [3.05, 3.63) is 68.7 Å². The van der Waals surface area contributed by atoms with Gasteiger partial charge in [-0.25, -0.2) is 13.5 Å². The summed E-state index contributed by atoms with van der Waals surface area (Å²) in [5.74, 6) is 0.998. The Balaban J connectivity index is 1.76. The average molecular weight is 442 g/mol. The Bertz CT molecular complexity index is 1240. The number of hydrogen-bond acceptors (Lipinski definition) is 4. The van der Waals surface area contributed by atoms with Crippen LogP contribution in [0.5, 0.6) is 0 Å². The smallest absolute Gasteiger partial charge is 0.282 e. The fraction of sp³-hybridized carbons (Fsp3) is 0.250. The van der Waals surface area contributed by atoms with Gasteiger partial charge < -0.3 is 4.90 Å².